The van der Waals surface area contributed by atoms with Gasteiger partial charge in [-0.15, -0.1) is 0 Å². The molecular weight excluding hydrogens is 168 g/mol. The minimum atomic E-state index is 0.648. The van der Waals surface area contributed by atoms with Crippen LogP contribution in [0.5, 0.6) is 0 Å². The fraction of sp³-hybridized carbons (Fsp3) is 0.571. The molecule has 0 heterocycles. The largest absolute Gasteiger partial charge is 0.0651 e. The highest BCUT2D eigenvalue weighted by Crippen LogP contribution is 2.25. The van der Waals surface area contributed by atoms with Crippen molar-refractivity contribution in [1.29, 1.82) is 0 Å². The summed E-state index contributed by atoms with van der Waals surface area (Å²) < 4.78 is 0. The van der Waals surface area contributed by atoms with Crippen molar-refractivity contribution in [2.24, 2.45) is 0 Å². The Morgan fingerprint density at radius 3 is 2.29 bits per heavy atom. The molecule has 0 aliphatic heterocycles. The molecule has 0 bridgehead atoms. The first-order chi connectivity index (χ1) is 6.56. The Morgan fingerprint density at radius 1 is 1.14 bits per heavy atom. The Kier molecular flexibility index (Phi) is 3.74. The molecule has 1 aromatic rings. The van der Waals surface area contributed by atoms with Crippen molar-refractivity contribution in [3.05, 3.63) is 34.4 Å². The minimum Gasteiger partial charge on any atom is -0.0651 e. The van der Waals surface area contributed by atoms with E-state index in [2.05, 4.69) is 46.8 Å². The Morgan fingerprint density at radius 2 is 1.79 bits per heavy atom. The van der Waals surface area contributed by atoms with Gasteiger partial charge in [0.25, 0.3) is 0 Å². The molecule has 0 atom stereocenters. The zero-order valence-electron chi connectivity index (χ0n) is 10.1. The Balaban J connectivity index is 3.21. The molecule has 0 nitrogen and oxygen atoms in total. The Labute approximate surface area is 88.4 Å². The molecular formula is C14H22. The Hall–Kier alpha value is -0.780. The van der Waals surface area contributed by atoms with Crippen molar-refractivity contribution in [2.75, 3.05) is 0 Å². The van der Waals surface area contributed by atoms with Crippen LogP contribution in [0.15, 0.2) is 12.1 Å². The predicted octanol–water partition coefficient (Wildman–Crippen LogP) is 4.38. The van der Waals surface area contributed by atoms with Crippen molar-refractivity contribution < 1.29 is 0 Å². The van der Waals surface area contributed by atoms with E-state index in [4.69, 9.17) is 0 Å². The summed E-state index contributed by atoms with van der Waals surface area (Å²) in [6, 6.07) is 4.65. The molecule has 0 saturated carbocycles. The van der Waals surface area contributed by atoms with Gasteiger partial charge >= 0.3 is 0 Å². The summed E-state index contributed by atoms with van der Waals surface area (Å²) in [6.07, 6.45) is 2.46. The number of aryl methyl sites for hydroxylation is 2. The molecule has 0 N–H and O–H groups in total. The maximum Gasteiger partial charge on any atom is -0.0216 e. The van der Waals surface area contributed by atoms with Crippen LogP contribution in [0.2, 0.25) is 0 Å². The average molecular weight is 190 g/mol. The van der Waals surface area contributed by atoms with E-state index >= 15 is 0 Å². The lowest BCUT2D eigenvalue weighted by Gasteiger charge is -2.16. The summed E-state index contributed by atoms with van der Waals surface area (Å²) in [6.45, 7) is 11.3. The highest BCUT2D eigenvalue weighted by molar-refractivity contribution is 5.40. The summed E-state index contributed by atoms with van der Waals surface area (Å²) in [4.78, 5) is 0. The van der Waals surface area contributed by atoms with Crippen molar-refractivity contribution >= 4 is 0 Å². The molecule has 0 saturated heterocycles. The van der Waals surface area contributed by atoms with Gasteiger partial charge in [0.1, 0.15) is 0 Å². The fourth-order valence-electron chi connectivity index (χ4n) is 2.14. The SMILES string of the molecule is CCCc1c(C)cc(C)cc1C(C)C. The first-order valence-electron chi connectivity index (χ1n) is 5.66. The van der Waals surface area contributed by atoms with E-state index in [9.17, 15) is 0 Å². The van der Waals surface area contributed by atoms with E-state index in [1.54, 1.807) is 11.1 Å². The zero-order chi connectivity index (χ0) is 10.7. The van der Waals surface area contributed by atoms with Crippen molar-refractivity contribution in [3.8, 4) is 0 Å². The second kappa shape index (κ2) is 4.63. The third kappa shape index (κ3) is 2.37. The molecule has 1 aromatic carbocycles. The summed E-state index contributed by atoms with van der Waals surface area (Å²) in [5.41, 5.74) is 5.99. The molecule has 78 valence electrons. The van der Waals surface area contributed by atoms with Gasteiger partial charge < -0.3 is 0 Å². The highest BCUT2D eigenvalue weighted by Gasteiger charge is 2.08. The standard InChI is InChI=1S/C14H22/c1-6-7-13-12(5)8-11(4)9-14(13)10(2)3/h8-10H,6-7H2,1-5H3. The number of rotatable bonds is 3. The minimum absolute atomic E-state index is 0.648. The van der Waals surface area contributed by atoms with E-state index in [-0.39, 0.29) is 0 Å². The summed E-state index contributed by atoms with van der Waals surface area (Å²) in [5, 5.41) is 0. The van der Waals surface area contributed by atoms with Crippen LogP contribution >= 0.6 is 0 Å². The molecule has 0 aromatic heterocycles. The van der Waals surface area contributed by atoms with E-state index in [1.165, 1.54) is 24.0 Å². The van der Waals surface area contributed by atoms with Gasteiger partial charge in [0.05, 0.1) is 0 Å². The lowest BCUT2D eigenvalue weighted by atomic mass is 9.89. The van der Waals surface area contributed by atoms with Crippen LogP contribution in [0.4, 0.5) is 0 Å². The van der Waals surface area contributed by atoms with E-state index in [0.717, 1.165) is 0 Å². The van der Waals surface area contributed by atoms with Gasteiger partial charge in [-0.3, -0.25) is 0 Å². The molecule has 0 heteroatoms. The summed E-state index contributed by atoms with van der Waals surface area (Å²) >= 11 is 0. The number of benzene rings is 1. The van der Waals surface area contributed by atoms with Crippen LogP contribution in [0.25, 0.3) is 0 Å². The van der Waals surface area contributed by atoms with Crippen LogP contribution in [-0.4, -0.2) is 0 Å². The molecule has 0 aliphatic carbocycles. The molecule has 14 heavy (non-hydrogen) atoms. The molecule has 0 radical (unpaired) electrons. The van der Waals surface area contributed by atoms with Gasteiger partial charge in [-0.2, -0.15) is 0 Å². The number of hydrogen-bond acceptors (Lipinski definition) is 0. The van der Waals surface area contributed by atoms with Gasteiger partial charge in [0.2, 0.25) is 0 Å². The maximum absolute atomic E-state index is 2.35. The van der Waals surface area contributed by atoms with Crippen LogP contribution in [0, 0.1) is 13.8 Å². The lowest BCUT2D eigenvalue weighted by Crippen LogP contribution is -2.00. The average Bonchev–Trinajstić information content (AvgIpc) is 2.09. The highest BCUT2D eigenvalue weighted by atomic mass is 14.1. The molecule has 0 aliphatic rings. The quantitative estimate of drug-likeness (QED) is 0.663. The van der Waals surface area contributed by atoms with Gasteiger partial charge in [0.15, 0.2) is 0 Å². The normalized spacial score (nSPS) is 11.0. The molecule has 0 unspecified atom stereocenters. The van der Waals surface area contributed by atoms with Crippen LogP contribution in [-0.2, 0) is 6.42 Å². The van der Waals surface area contributed by atoms with Gasteiger partial charge in [0, 0.05) is 0 Å². The summed E-state index contributed by atoms with van der Waals surface area (Å²) in [7, 11) is 0. The van der Waals surface area contributed by atoms with Crippen LogP contribution in [0.3, 0.4) is 0 Å². The van der Waals surface area contributed by atoms with Crippen molar-refractivity contribution in [2.45, 2.75) is 53.4 Å². The Bertz CT molecular complexity index is 308. The second-order valence-electron chi connectivity index (χ2n) is 4.55. The zero-order valence-corrected chi connectivity index (χ0v) is 10.1. The molecule has 0 fully saturated rings. The molecule has 0 amide bonds. The lowest BCUT2D eigenvalue weighted by molar-refractivity contribution is 0.813. The second-order valence-corrected chi connectivity index (χ2v) is 4.55. The van der Waals surface area contributed by atoms with Crippen molar-refractivity contribution in [1.82, 2.24) is 0 Å². The van der Waals surface area contributed by atoms with Gasteiger partial charge in [-0.25, -0.2) is 0 Å². The fourth-order valence-corrected chi connectivity index (χ4v) is 2.14. The van der Waals surface area contributed by atoms with E-state index in [0.29, 0.717) is 5.92 Å². The van der Waals surface area contributed by atoms with Crippen molar-refractivity contribution in [3.63, 3.8) is 0 Å². The van der Waals surface area contributed by atoms with Crippen LogP contribution in [0.1, 0.15) is 55.4 Å². The topological polar surface area (TPSA) is 0 Å². The third-order valence-electron chi connectivity index (χ3n) is 2.77. The number of hydrogen-bond donors (Lipinski definition) is 0. The molecule has 1 rings (SSSR count). The monoisotopic (exact) mass is 190 g/mol. The predicted molar refractivity (Wildman–Crippen MR) is 64.0 cm³/mol. The van der Waals surface area contributed by atoms with Gasteiger partial charge in [-0.05, 0) is 42.9 Å². The first-order valence-corrected chi connectivity index (χ1v) is 5.66. The first kappa shape index (κ1) is 11.3. The smallest absolute Gasteiger partial charge is 0.0216 e. The third-order valence-corrected chi connectivity index (χ3v) is 2.77. The maximum atomic E-state index is 2.35. The summed E-state index contributed by atoms with van der Waals surface area (Å²) in [5.74, 6) is 0.648. The van der Waals surface area contributed by atoms with E-state index in [1.807, 2.05) is 0 Å². The van der Waals surface area contributed by atoms with Gasteiger partial charge in [-0.1, -0.05) is 44.9 Å². The van der Waals surface area contributed by atoms with E-state index < -0.39 is 0 Å². The molecule has 0 spiro atoms. The van der Waals surface area contributed by atoms with Crippen LogP contribution < -0.4 is 0 Å².